The molecule has 3 N–H and O–H groups in total. The van der Waals surface area contributed by atoms with Gasteiger partial charge in [-0.3, -0.25) is 4.68 Å². The largest absolute Gasteiger partial charge is 0.335 e. The van der Waals surface area contributed by atoms with Crippen molar-refractivity contribution in [2.24, 2.45) is 12.0 Å². The summed E-state index contributed by atoms with van der Waals surface area (Å²) in [6, 6.07) is 1.74. The van der Waals surface area contributed by atoms with Crippen molar-refractivity contribution in [3.63, 3.8) is 0 Å². The number of hydrogen-bond donors (Lipinski definition) is 3. The van der Waals surface area contributed by atoms with E-state index < -0.39 is 5.97 Å². The van der Waals surface area contributed by atoms with Crippen LogP contribution in [0.3, 0.4) is 0 Å². The summed E-state index contributed by atoms with van der Waals surface area (Å²) >= 11 is 0. The highest BCUT2D eigenvalue weighted by Gasteiger charge is 2.25. The predicted octanol–water partition coefficient (Wildman–Crippen LogP) is -0.377. The number of anilines is 1. The van der Waals surface area contributed by atoms with Gasteiger partial charge in [-0.1, -0.05) is 0 Å². The van der Waals surface area contributed by atoms with Gasteiger partial charge < -0.3 is 15.7 Å². The van der Waals surface area contributed by atoms with Gasteiger partial charge in [-0.15, -0.1) is 0 Å². The Hall–Kier alpha value is -1.82. The molecular weight excluding hydrogens is 182 g/mol. The lowest BCUT2D eigenvalue weighted by Crippen LogP contribution is -2.49. The maximum atomic E-state index is 9.81. The van der Waals surface area contributed by atoms with Crippen molar-refractivity contribution in [3.8, 4) is 0 Å². The third-order valence-electron chi connectivity index (χ3n) is 1.74. The molecule has 0 spiro atoms. The van der Waals surface area contributed by atoms with Crippen LogP contribution in [-0.2, 0) is 7.05 Å². The van der Waals surface area contributed by atoms with Crippen LogP contribution in [0.1, 0.15) is 0 Å². The van der Waals surface area contributed by atoms with Gasteiger partial charge in [0.05, 0.1) is 0 Å². The third-order valence-corrected chi connectivity index (χ3v) is 1.74. The van der Waals surface area contributed by atoms with Crippen molar-refractivity contribution in [3.05, 3.63) is 24.5 Å². The molecule has 14 heavy (non-hydrogen) atoms. The third kappa shape index (κ3) is 1.74. The standard InChI is InChI=1S/C8H11N5O/c1-13-6-3-7(12-13)11-8(14)9-4-2-5-10-8/h2-6,9,14H,1H3,(H,11,12). The van der Waals surface area contributed by atoms with Crippen LogP contribution in [0.15, 0.2) is 29.5 Å². The second-order valence-electron chi connectivity index (χ2n) is 2.95. The van der Waals surface area contributed by atoms with Crippen LogP contribution in [0, 0.1) is 0 Å². The highest BCUT2D eigenvalue weighted by Crippen LogP contribution is 2.10. The number of aromatic nitrogens is 2. The zero-order chi connectivity index (χ0) is 10.0. The van der Waals surface area contributed by atoms with Gasteiger partial charge in [0.1, 0.15) is 0 Å². The molecule has 0 saturated heterocycles. The molecule has 0 saturated carbocycles. The summed E-state index contributed by atoms with van der Waals surface area (Å²) in [5.74, 6) is -0.946. The number of allylic oxidation sites excluding steroid dienone is 1. The smallest absolute Gasteiger partial charge is 0.321 e. The van der Waals surface area contributed by atoms with Crippen LogP contribution in [0.5, 0.6) is 0 Å². The van der Waals surface area contributed by atoms with E-state index in [9.17, 15) is 5.11 Å². The molecule has 0 bridgehead atoms. The van der Waals surface area contributed by atoms with Crippen molar-refractivity contribution >= 4 is 12.0 Å². The molecule has 6 nitrogen and oxygen atoms in total. The molecule has 2 rings (SSSR count). The van der Waals surface area contributed by atoms with Crippen LogP contribution in [0.2, 0.25) is 0 Å². The monoisotopic (exact) mass is 193 g/mol. The van der Waals surface area contributed by atoms with Gasteiger partial charge in [-0.05, 0) is 6.08 Å². The zero-order valence-electron chi connectivity index (χ0n) is 7.68. The first-order valence-corrected chi connectivity index (χ1v) is 4.16. The molecule has 1 unspecified atom stereocenters. The Morgan fingerprint density at radius 1 is 1.64 bits per heavy atom. The van der Waals surface area contributed by atoms with Crippen LogP contribution >= 0.6 is 0 Å². The van der Waals surface area contributed by atoms with E-state index >= 15 is 0 Å². The molecule has 1 aromatic rings. The summed E-state index contributed by atoms with van der Waals surface area (Å²) in [7, 11) is 1.80. The summed E-state index contributed by atoms with van der Waals surface area (Å²) in [5, 5.41) is 19.3. The number of nitrogens with zero attached hydrogens (tertiary/aromatic N) is 3. The Bertz CT molecular complexity index is 383. The fourth-order valence-electron chi connectivity index (χ4n) is 1.12. The normalized spacial score (nSPS) is 24.7. The molecule has 2 heterocycles. The molecule has 1 aliphatic rings. The first kappa shape index (κ1) is 8.76. The van der Waals surface area contributed by atoms with E-state index in [2.05, 4.69) is 20.7 Å². The Kier molecular flexibility index (Phi) is 1.97. The Morgan fingerprint density at radius 3 is 3.07 bits per heavy atom. The molecule has 1 atom stereocenters. The highest BCUT2D eigenvalue weighted by atomic mass is 16.3. The van der Waals surface area contributed by atoms with Gasteiger partial charge in [0.2, 0.25) is 0 Å². The van der Waals surface area contributed by atoms with Crippen molar-refractivity contribution in [1.29, 1.82) is 0 Å². The van der Waals surface area contributed by atoms with E-state index in [4.69, 9.17) is 0 Å². The minimum absolute atomic E-state index is 0.551. The van der Waals surface area contributed by atoms with Crippen LogP contribution in [0.25, 0.3) is 0 Å². The summed E-state index contributed by atoms with van der Waals surface area (Å²) in [6.45, 7) is 0. The lowest BCUT2D eigenvalue weighted by molar-refractivity contribution is 0.0568. The maximum Gasteiger partial charge on any atom is 0.321 e. The van der Waals surface area contributed by atoms with Gasteiger partial charge >= 0.3 is 5.97 Å². The molecule has 6 heteroatoms. The lowest BCUT2D eigenvalue weighted by atomic mass is 10.5. The van der Waals surface area contributed by atoms with E-state index in [0.29, 0.717) is 5.82 Å². The predicted molar refractivity (Wildman–Crippen MR) is 52.5 cm³/mol. The highest BCUT2D eigenvalue weighted by molar-refractivity contribution is 5.72. The van der Waals surface area contributed by atoms with Crippen molar-refractivity contribution < 1.29 is 5.11 Å². The summed E-state index contributed by atoms with van der Waals surface area (Å²) < 4.78 is 1.63. The average Bonchev–Trinajstić information content (AvgIpc) is 2.51. The number of hydrogen-bond acceptors (Lipinski definition) is 5. The lowest BCUT2D eigenvalue weighted by Gasteiger charge is -2.25. The molecule has 74 valence electrons. The zero-order valence-corrected chi connectivity index (χ0v) is 7.68. The maximum absolute atomic E-state index is 9.81. The topological polar surface area (TPSA) is 74.5 Å². The van der Waals surface area contributed by atoms with E-state index in [1.165, 1.54) is 6.21 Å². The number of nitrogens with one attached hydrogen (secondary N) is 2. The molecule has 0 fully saturated rings. The number of rotatable bonds is 2. The van der Waals surface area contributed by atoms with E-state index in [1.54, 1.807) is 36.3 Å². The van der Waals surface area contributed by atoms with Gasteiger partial charge in [0.25, 0.3) is 0 Å². The van der Waals surface area contributed by atoms with Gasteiger partial charge in [0, 0.05) is 31.7 Å². The van der Waals surface area contributed by atoms with E-state index in [0.717, 1.165) is 0 Å². The number of aliphatic imine (C=N–C) groups is 1. The first-order chi connectivity index (χ1) is 6.68. The molecule has 0 aromatic carbocycles. The van der Waals surface area contributed by atoms with E-state index in [-0.39, 0.29) is 0 Å². The summed E-state index contributed by atoms with van der Waals surface area (Å²) in [4.78, 5) is 3.84. The Morgan fingerprint density at radius 2 is 2.50 bits per heavy atom. The van der Waals surface area contributed by atoms with Crippen LogP contribution < -0.4 is 10.6 Å². The number of aryl methyl sites for hydroxylation is 1. The first-order valence-electron chi connectivity index (χ1n) is 4.16. The molecule has 1 aromatic heterocycles. The average molecular weight is 193 g/mol. The molecule has 0 radical (unpaired) electrons. The van der Waals surface area contributed by atoms with Crippen molar-refractivity contribution in [2.45, 2.75) is 5.97 Å². The Balaban J connectivity index is 2.10. The fourth-order valence-corrected chi connectivity index (χ4v) is 1.12. The minimum atomic E-state index is -1.50. The Labute approximate surface area is 81.0 Å². The molecule has 0 aliphatic carbocycles. The fraction of sp³-hybridized carbons (Fsp3) is 0.250. The number of aliphatic hydroxyl groups is 1. The molecule has 0 amide bonds. The summed E-state index contributed by atoms with van der Waals surface area (Å²) in [6.07, 6.45) is 6.57. The van der Waals surface area contributed by atoms with Gasteiger partial charge in [-0.25, -0.2) is 4.99 Å². The summed E-state index contributed by atoms with van der Waals surface area (Å²) in [5.41, 5.74) is 0. The SMILES string of the molecule is Cn1ccc(NC2(O)N=CC=CN2)n1. The molecule has 1 aliphatic heterocycles. The molecular formula is C8H11N5O. The van der Waals surface area contributed by atoms with Crippen LogP contribution in [-0.4, -0.2) is 27.1 Å². The second-order valence-corrected chi connectivity index (χ2v) is 2.95. The van der Waals surface area contributed by atoms with Crippen molar-refractivity contribution in [2.75, 3.05) is 5.32 Å². The van der Waals surface area contributed by atoms with Gasteiger partial charge in [-0.2, -0.15) is 5.10 Å². The van der Waals surface area contributed by atoms with E-state index in [1.807, 2.05) is 0 Å². The van der Waals surface area contributed by atoms with Gasteiger partial charge in [0.15, 0.2) is 5.82 Å². The minimum Gasteiger partial charge on any atom is -0.335 e. The second kappa shape index (κ2) is 3.15. The van der Waals surface area contributed by atoms with Crippen molar-refractivity contribution in [1.82, 2.24) is 15.1 Å². The quantitative estimate of drug-likeness (QED) is 0.560. The van der Waals surface area contributed by atoms with Crippen LogP contribution in [0.4, 0.5) is 5.82 Å².